The van der Waals surface area contributed by atoms with E-state index in [1.54, 1.807) is 0 Å². The lowest BCUT2D eigenvalue weighted by atomic mass is 10.0. The van der Waals surface area contributed by atoms with Crippen LogP contribution in [0.3, 0.4) is 0 Å². The largest absolute Gasteiger partial charge is 0.307 e. The molecule has 2 aromatic rings. The van der Waals surface area contributed by atoms with Crippen LogP contribution in [0.1, 0.15) is 55.4 Å². The molecule has 0 aliphatic carbocycles. The maximum atomic E-state index is 4.13. The second kappa shape index (κ2) is 14.7. The number of para-hydroxylation sites is 2. The average molecular weight is 469 g/mol. The Labute approximate surface area is 215 Å². The first-order valence-electron chi connectivity index (χ1n) is 12.5. The first kappa shape index (κ1) is 29.5. The summed E-state index contributed by atoms with van der Waals surface area (Å²) >= 11 is 0. The molecule has 1 aliphatic rings. The van der Waals surface area contributed by atoms with Crippen molar-refractivity contribution in [2.45, 2.75) is 55.4 Å². The van der Waals surface area contributed by atoms with E-state index in [-0.39, 0.29) is 0 Å². The van der Waals surface area contributed by atoms with Crippen molar-refractivity contribution in [1.29, 1.82) is 0 Å². The van der Waals surface area contributed by atoms with Crippen LogP contribution in [0.5, 0.6) is 0 Å². The molecule has 0 spiro atoms. The SMILES string of the molecule is C=C/C=C1\C(=C/C)N(c2ccccc2)C(/C=C\C)=C(C=C)N1c1ccccc1.CC.CC(C)(C)C. The first-order valence-corrected chi connectivity index (χ1v) is 12.5. The molecule has 35 heavy (non-hydrogen) atoms. The predicted molar refractivity (Wildman–Crippen MR) is 158 cm³/mol. The molecule has 0 aromatic heterocycles. The summed E-state index contributed by atoms with van der Waals surface area (Å²) in [5, 5.41) is 0. The highest BCUT2D eigenvalue weighted by molar-refractivity contribution is 5.77. The molecule has 186 valence electrons. The van der Waals surface area contributed by atoms with Gasteiger partial charge in [-0.2, -0.15) is 0 Å². The molecule has 3 rings (SSSR count). The molecule has 0 atom stereocenters. The quantitative estimate of drug-likeness (QED) is 0.430. The molecule has 0 N–H and O–H groups in total. The average Bonchev–Trinajstić information content (AvgIpc) is 2.85. The fourth-order valence-corrected chi connectivity index (χ4v) is 3.49. The van der Waals surface area contributed by atoms with E-state index < -0.39 is 0 Å². The zero-order chi connectivity index (χ0) is 26.4. The Morgan fingerprint density at radius 2 is 1.11 bits per heavy atom. The van der Waals surface area contributed by atoms with Gasteiger partial charge in [-0.1, -0.05) is 109 Å². The van der Waals surface area contributed by atoms with Crippen molar-refractivity contribution < 1.29 is 0 Å². The summed E-state index contributed by atoms with van der Waals surface area (Å²) in [5.41, 5.74) is 6.92. The third-order valence-electron chi connectivity index (χ3n) is 4.58. The van der Waals surface area contributed by atoms with Gasteiger partial charge < -0.3 is 9.80 Å². The minimum Gasteiger partial charge on any atom is -0.307 e. The van der Waals surface area contributed by atoms with Gasteiger partial charge in [0.25, 0.3) is 0 Å². The van der Waals surface area contributed by atoms with Gasteiger partial charge in [0.15, 0.2) is 0 Å². The van der Waals surface area contributed by atoms with Gasteiger partial charge in [0.1, 0.15) is 0 Å². The molecule has 0 bridgehead atoms. The molecule has 1 heterocycles. The zero-order valence-corrected chi connectivity index (χ0v) is 23.0. The van der Waals surface area contributed by atoms with Crippen LogP contribution in [0, 0.1) is 5.41 Å². The van der Waals surface area contributed by atoms with Crippen LogP contribution in [0.4, 0.5) is 11.4 Å². The Kier molecular flexibility index (Phi) is 12.4. The summed E-state index contributed by atoms with van der Waals surface area (Å²) in [7, 11) is 0. The molecule has 2 aromatic carbocycles. The summed E-state index contributed by atoms with van der Waals surface area (Å²) in [6.07, 6.45) is 12.1. The van der Waals surface area contributed by atoms with Crippen molar-refractivity contribution in [2.75, 3.05) is 9.80 Å². The number of nitrogens with zero attached hydrogens (tertiary/aromatic N) is 2. The van der Waals surface area contributed by atoms with Crippen LogP contribution < -0.4 is 9.80 Å². The monoisotopic (exact) mass is 468 g/mol. The van der Waals surface area contributed by atoms with Crippen LogP contribution in [0.15, 0.2) is 133 Å². The lowest BCUT2D eigenvalue weighted by Crippen LogP contribution is -2.38. The van der Waals surface area contributed by atoms with Crippen molar-refractivity contribution in [2.24, 2.45) is 5.41 Å². The Morgan fingerprint density at radius 1 is 0.686 bits per heavy atom. The fraction of sp³-hybridized carbons (Fsp3) is 0.273. The van der Waals surface area contributed by atoms with Crippen molar-refractivity contribution in [3.63, 3.8) is 0 Å². The highest BCUT2D eigenvalue weighted by Crippen LogP contribution is 2.41. The normalized spacial score (nSPS) is 16.0. The van der Waals surface area contributed by atoms with Gasteiger partial charge in [-0.25, -0.2) is 0 Å². The molecule has 0 fully saturated rings. The van der Waals surface area contributed by atoms with Gasteiger partial charge in [-0.3, -0.25) is 0 Å². The molecule has 0 amide bonds. The van der Waals surface area contributed by atoms with Crippen LogP contribution in [0.2, 0.25) is 0 Å². The van der Waals surface area contributed by atoms with Crippen molar-refractivity contribution in [1.82, 2.24) is 0 Å². The van der Waals surface area contributed by atoms with Gasteiger partial charge in [0.05, 0.1) is 22.8 Å². The van der Waals surface area contributed by atoms with Crippen molar-refractivity contribution in [3.8, 4) is 0 Å². The van der Waals surface area contributed by atoms with E-state index in [0.29, 0.717) is 5.41 Å². The van der Waals surface area contributed by atoms with E-state index in [9.17, 15) is 0 Å². The second-order valence-corrected chi connectivity index (χ2v) is 9.28. The lowest BCUT2D eigenvalue weighted by Gasteiger charge is -2.42. The second-order valence-electron chi connectivity index (χ2n) is 9.28. The summed E-state index contributed by atoms with van der Waals surface area (Å²) < 4.78 is 0. The zero-order valence-electron chi connectivity index (χ0n) is 23.0. The third-order valence-corrected chi connectivity index (χ3v) is 4.58. The number of hydrogen-bond acceptors (Lipinski definition) is 2. The van der Waals surface area contributed by atoms with E-state index in [2.05, 4.69) is 124 Å². The van der Waals surface area contributed by atoms with Gasteiger partial charge in [0, 0.05) is 11.4 Å². The van der Waals surface area contributed by atoms with Crippen molar-refractivity contribution in [3.05, 3.63) is 133 Å². The van der Waals surface area contributed by atoms with Gasteiger partial charge in [-0.15, -0.1) is 0 Å². The smallest absolute Gasteiger partial charge is 0.0699 e. The topological polar surface area (TPSA) is 6.48 Å². The molecule has 2 heteroatoms. The molecule has 0 saturated carbocycles. The molecule has 1 aliphatic heterocycles. The van der Waals surface area contributed by atoms with E-state index >= 15 is 0 Å². The summed E-state index contributed by atoms with van der Waals surface area (Å²) in [6.45, 7) is 24.9. The summed E-state index contributed by atoms with van der Waals surface area (Å²) in [6, 6.07) is 20.8. The van der Waals surface area contributed by atoms with Crippen LogP contribution >= 0.6 is 0 Å². The van der Waals surface area contributed by atoms with E-state index in [0.717, 1.165) is 34.2 Å². The predicted octanol–water partition coefficient (Wildman–Crippen LogP) is 10.0. The number of anilines is 2. The van der Waals surface area contributed by atoms with Crippen LogP contribution in [0.25, 0.3) is 0 Å². The maximum absolute atomic E-state index is 4.13. The van der Waals surface area contributed by atoms with Crippen LogP contribution in [-0.2, 0) is 0 Å². The molecule has 2 nitrogen and oxygen atoms in total. The Hall–Kier alpha value is -3.52. The summed E-state index contributed by atoms with van der Waals surface area (Å²) in [5.74, 6) is 0. The van der Waals surface area contributed by atoms with Gasteiger partial charge in [-0.05, 0) is 61.8 Å². The molecule has 0 unspecified atom stereocenters. The van der Waals surface area contributed by atoms with E-state index in [1.807, 2.05) is 51.1 Å². The van der Waals surface area contributed by atoms with E-state index in [4.69, 9.17) is 0 Å². The Balaban J connectivity index is 0.000000779. The van der Waals surface area contributed by atoms with E-state index in [1.165, 1.54) is 0 Å². The van der Waals surface area contributed by atoms with Gasteiger partial charge in [0.2, 0.25) is 0 Å². The highest BCUT2D eigenvalue weighted by atomic mass is 15.3. The highest BCUT2D eigenvalue weighted by Gasteiger charge is 2.32. The maximum Gasteiger partial charge on any atom is 0.0699 e. The van der Waals surface area contributed by atoms with Crippen LogP contribution in [-0.4, -0.2) is 0 Å². The number of allylic oxidation sites excluding steroid dienone is 6. The first-order chi connectivity index (χ1) is 16.8. The minimum atomic E-state index is 0.500. The number of rotatable bonds is 5. The fourth-order valence-electron chi connectivity index (χ4n) is 3.49. The molecule has 0 saturated heterocycles. The number of hydrogen-bond donors (Lipinski definition) is 0. The third kappa shape index (κ3) is 8.33. The number of benzene rings is 2. The minimum absolute atomic E-state index is 0.500. The Bertz CT molecular complexity index is 1040. The molecule has 0 radical (unpaired) electrons. The van der Waals surface area contributed by atoms with Gasteiger partial charge >= 0.3 is 0 Å². The Morgan fingerprint density at radius 3 is 1.46 bits per heavy atom. The van der Waals surface area contributed by atoms with Crippen molar-refractivity contribution >= 4 is 11.4 Å². The lowest BCUT2D eigenvalue weighted by molar-refractivity contribution is 0.469. The summed E-state index contributed by atoms with van der Waals surface area (Å²) in [4.78, 5) is 4.50. The molecular weight excluding hydrogens is 424 g/mol. The molecular formula is C33H44N2. The standard InChI is InChI=1S/C26H26N2.C5H12.C2H6/c1-5-15-25-23(7-3)28(22-19-13-10-14-20-22)26(16-6-2)24(8-4)27(25)21-17-11-9-12-18-21;1-5(2,3)4;1-2/h5-20H,1,4H2,2-3H3;1-4H3;1-2H3/b16-6-,23-7+,25-15+;;.